The SMILES string of the molecule is O=C(/C=C/c1ccc(NS(=O)(=O)c2ccc(C3=CCCS3)s2)cc1)NO. The molecule has 136 valence electrons. The summed E-state index contributed by atoms with van der Waals surface area (Å²) in [6.07, 6.45) is 5.81. The van der Waals surface area contributed by atoms with E-state index < -0.39 is 15.9 Å². The summed E-state index contributed by atoms with van der Waals surface area (Å²) in [7, 11) is -3.65. The number of hydrogen-bond acceptors (Lipinski definition) is 6. The van der Waals surface area contributed by atoms with Gasteiger partial charge in [-0.3, -0.25) is 14.7 Å². The van der Waals surface area contributed by atoms with Crippen molar-refractivity contribution in [2.75, 3.05) is 10.5 Å². The van der Waals surface area contributed by atoms with Crippen LogP contribution in [0.15, 0.2) is 52.8 Å². The van der Waals surface area contributed by atoms with E-state index in [-0.39, 0.29) is 4.21 Å². The highest BCUT2D eigenvalue weighted by atomic mass is 32.2. The fourth-order valence-electron chi connectivity index (χ4n) is 2.26. The van der Waals surface area contributed by atoms with Gasteiger partial charge in [-0.2, -0.15) is 0 Å². The summed E-state index contributed by atoms with van der Waals surface area (Å²) in [6, 6.07) is 10.0. The van der Waals surface area contributed by atoms with E-state index >= 15 is 0 Å². The van der Waals surface area contributed by atoms with Gasteiger partial charge in [-0.25, -0.2) is 13.9 Å². The smallest absolute Gasteiger partial charge is 0.271 e. The van der Waals surface area contributed by atoms with Crippen LogP contribution in [-0.4, -0.2) is 25.3 Å². The maximum Gasteiger partial charge on any atom is 0.271 e. The minimum atomic E-state index is -3.65. The lowest BCUT2D eigenvalue weighted by Gasteiger charge is -2.06. The van der Waals surface area contributed by atoms with Gasteiger partial charge in [0.25, 0.3) is 15.9 Å². The van der Waals surface area contributed by atoms with Gasteiger partial charge in [-0.05, 0) is 42.3 Å². The second-order valence-corrected chi connectivity index (χ2v) is 9.49. The molecule has 9 heteroatoms. The van der Waals surface area contributed by atoms with Crippen LogP contribution >= 0.6 is 23.1 Å². The van der Waals surface area contributed by atoms with Crippen LogP contribution in [0.2, 0.25) is 0 Å². The van der Waals surface area contributed by atoms with E-state index in [1.54, 1.807) is 42.1 Å². The molecule has 0 aliphatic carbocycles. The summed E-state index contributed by atoms with van der Waals surface area (Å²) in [5.74, 6) is 0.396. The molecule has 2 aromatic rings. The third kappa shape index (κ3) is 4.55. The Labute approximate surface area is 159 Å². The first-order valence-electron chi connectivity index (χ1n) is 7.66. The number of benzene rings is 1. The predicted octanol–water partition coefficient (Wildman–Crippen LogP) is 3.55. The minimum Gasteiger partial charge on any atom is -0.288 e. The monoisotopic (exact) mass is 408 g/mol. The van der Waals surface area contributed by atoms with E-state index in [4.69, 9.17) is 5.21 Å². The lowest BCUT2D eigenvalue weighted by molar-refractivity contribution is -0.124. The van der Waals surface area contributed by atoms with Gasteiger partial charge in [0.2, 0.25) is 0 Å². The molecule has 0 saturated heterocycles. The first kappa shape index (κ1) is 18.7. The fourth-order valence-corrected chi connectivity index (χ4v) is 5.77. The molecule has 2 heterocycles. The average molecular weight is 409 g/mol. The van der Waals surface area contributed by atoms with Gasteiger partial charge in [0.05, 0.1) is 0 Å². The Hall–Kier alpha value is -2.07. The lowest BCUT2D eigenvalue weighted by atomic mass is 10.2. The van der Waals surface area contributed by atoms with Gasteiger partial charge in [0.1, 0.15) is 4.21 Å². The molecular weight excluding hydrogens is 392 g/mol. The number of sulfonamides is 1. The van der Waals surface area contributed by atoms with Crippen molar-refractivity contribution in [2.45, 2.75) is 10.6 Å². The molecule has 0 saturated carbocycles. The highest BCUT2D eigenvalue weighted by Gasteiger charge is 2.19. The zero-order valence-electron chi connectivity index (χ0n) is 13.5. The quantitative estimate of drug-likeness (QED) is 0.386. The number of allylic oxidation sites excluding steroid dienone is 1. The molecule has 3 rings (SSSR count). The Morgan fingerprint density at radius 2 is 1.92 bits per heavy atom. The highest BCUT2D eigenvalue weighted by Crippen LogP contribution is 2.38. The van der Waals surface area contributed by atoms with Crippen molar-refractivity contribution >= 4 is 55.7 Å². The number of hydrogen-bond donors (Lipinski definition) is 3. The molecule has 0 fully saturated rings. The molecule has 0 unspecified atom stereocenters. The van der Waals surface area contributed by atoms with E-state index in [2.05, 4.69) is 10.8 Å². The van der Waals surface area contributed by atoms with Crippen molar-refractivity contribution in [2.24, 2.45) is 0 Å². The summed E-state index contributed by atoms with van der Waals surface area (Å²) < 4.78 is 27.9. The molecule has 3 N–H and O–H groups in total. The van der Waals surface area contributed by atoms with Crippen molar-refractivity contribution in [3.8, 4) is 0 Å². The second-order valence-electron chi connectivity index (χ2n) is 5.36. The number of thiophene rings is 1. The molecule has 0 spiro atoms. The van der Waals surface area contributed by atoms with Crippen molar-refractivity contribution in [3.05, 3.63) is 59.0 Å². The summed E-state index contributed by atoms with van der Waals surface area (Å²) in [5, 5.41) is 8.43. The van der Waals surface area contributed by atoms with Crippen molar-refractivity contribution in [1.29, 1.82) is 0 Å². The zero-order valence-corrected chi connectivity index (χ0v) is 16.0. The number of carbonyl (C=O) groups is 1. The van der Waals surface area contributed by atoms with Crippen molar-refractivity contribution in [3.63, 3.8) is 0 Å². The predicted molar refractivity (Wildman–Crippen MR) is 106 cm³/mol. The number of carbonyl (C=O) groups excluding carboxylic acids is 1. The van der Waals surface area contributed by atoms with Crippen LogP contribution in [0.4, 0.5) is 5.69 Å². The summed E-state index contributed by atoms with van der Waals surface area (Å²) in [4.78, 5) is 13.1. The molecule has 0 radical (unpaired) electrons. The molecule has 1 aromatic carbocycles. The van der Waals surface area contributed by atoms with E-state index in [0.717, 1.165) is 22.0 Å². The van der Waals surface area contributed by atoms with E-state index in [9.17, 15) is 13.2 Å². The number of anilines is 1. The third-order valence-electron chi connectivity index (χ3n) is 3.49. The van der Waals surface area contributed by atoms with Crippen LogP contribution in [0.5, 0.6) is 0 Å². The lowest BCUT2D eigenvalue weighted by Crippen LogP contribution is -2.14. The van der Waals surface area contributed by atoms with Gasteiger partial charge in [-0.1, -0.05) is 18.2 Å². The van der Waals surface area contributed by atoms with E-state index in [0.29, 0.717) is 11.3 Å². The molecule has 0 bridgehead atoms. The summed E-state index contributed by atoms with van der Waals surface area (Å²) in [5.41, 5.74) is 2.62. The number of amides is 1. The minimum absolute atomic E-state index is 0.268. The zero-order chi connectivity index (χ0) is 18.6. The van der Waals surface area contributed by atoms with Crippen molar-refractivity contribution < 1.29 is 18.4 Å². The Morgan fingerprint density at radius 1 is 1.15 bits per heavy atom. The van der Waals surface area contributed by atoms with E-state index in [1.807, 2.05) is 6.07 Å². The standard InChI is InChI=1S/C17H16N2O4S3/c20-16(18-21)9-5-12-3-6-13(7-4-12)19-26(22,23)17-10-8-15(25-17)14-2-1-11-24-14/h2-10,19,21H,1,11H2,(H,18,20)/b9-5+. The summed E-state index contributed by atoms with van der Waals surface area (Å²) >= 11 is 2.99. The van der Waals surface area contributed by atoms with Crippen LogP contribution in [0.1, 0.15) is 16.9 Å². The van der Waals surface area contributed by atoms with Gasteiger partial charge in [0.15, 0.2) is 0 Å². The normalized spacial score (nSPS) is 14.4. The maximum atomic E-state index is 12.5. The number of hydroxylamine groups is 1. The van der Waals surface area contributed by atoms with Gasteiger partial charge >= 0.3 is 0 Å². The molecule has 1 amide bonds. The Kier molecular flexibility index (Phi) is 5.82. The fraction of sp³-hybridized carbons (Fsp3) is 0.118. The van der Waals surface area contributed by atoms with Crippen molar-refractivity contribution in [1.82, 2.24) is 5.48 Å². The molecule has 1 aromatic heterocycles. The van der Waals surface area contributed by atoms with Gasteiger partial charge in [0, 0.05) is 27.3 Å². The largest absolute Gasteiger partial charge is 0.288 e. The van der Waals surface area contributed by atoms with Crippen LogP contribution < -0.4 is 10.2 Å². The number of nitrogens with one attached hydrogen (secondary N) is 2. The van der Waals surface area contributed by atoms with E-state index in [1.165, 1.54) is 29.0 Å². The Bertz CT molecular complexity index is 960. The highest BCUT2D eigenvalue weighted by molar-refractivity contribution is 8.08. The average Bonchev–Trinajstić information content (AvgIpc) is 3.31. The summed E-state index contributed by atoms with van der Waals surface area (Å²) in [6.45, 7) is 0. The maximum absolute atomic E-state index is 12.5. The molecule has 6 nitrogen and oxygen atoms in total. The number of rotatable bonds is 6. The molecular formula is C17H16N2O4S3. The third-order valence-corrected chi connectivity index (χ3v) is 7.75. The first-order valence-corrected chi connectivity index (χ1v) is 10.9. The molecule has 1 aliphatic rings. The second kappa shape index (κ2) is 8.09. The van der Waals surface area contributed by atoms with Crippen LogP contribution in [-0.2, 0) is 14.8 Å². The van der Waals surface area contributed by atoms with Gasteiger partial charge in [-0.15, -0.1) is 23.1 Å². The molecule has 26 heavy (non-hydrogen) atoms. The molecule has 1 aliphatic heterocycles. The Morgan fingerprint density at radius 3 is 2.58 bits per heavy atom. The van der Waals surface area contributed by atoms with Gasteiger partial charge < -0.3 is 0 Å². The van der Waals surface area contributed by atoms with Crippen LogP contribution in [0, 0.1) is 0 Å². The molecule has 0 atom stereocenters. The van der Waals surface area contributed by atoms with Crippen LogP contribution in [0.3, 0.4) is 0 Å². The Balaban J connectivity index is 1.71. The van der Waals surface area contributed by atoms with Crippen LogP contribution in [0.25, 0.3) is 11.0 Å². The number of thioether (sulfide) groups is 1. The topological polar surface area (TPSA) is 95.5 Å². The first-order chi connectivity index (χ1) is 12.5.